The van der Waals surface area contributed by atoms with Crippen LogP contribution in [0.5, 0.6) is 0 Å². The fourth-order valence-corrected chi connectivity index (χ4v) is 5.10. The van der Waals surface area contributed by atoms with Gasteiger partial charge in [-0.05, 0) is 36.2 Å². The van der Waals surface area contributed by atoms with Gasteiger partial charge in [-0.2, -0.15) is 0 Å². The van der Waals surface area contributed by atoms with E-state index in [1.54, 1.807) is 35.2 Å². The smallest absolute Gasteiger partial charge is 0.254 e. The Morgan fingerprint density at radius 2 is 1.88 bits per heavy atom. The van der Waals surface area contributed by atoms with Crippen LogP contribution in [0.4, 0.5) is 0 Å². The molecule has 0 aliphatic carbocycles. The largest absolute Gasteiger partial charge is 0.330 e. The molecule has 0 radical (unpaired) electrons. The lowest BCUT2D eigenvalue weighted by Crippen LogP contribution is -2.40. The Bertz CT molecular complexity index is 899. The van der Waals surface area contributed by atoms with Crippen molar-refractivity contribution in [2.24, 2.45) is 0 Å². The highest BCUT2D eigenvalue weighted by Crippen LogP contribution is 2.25. The van der Waals surface area contributed by atoms with Gasteiger partial charge in [0, 0.05) is 28.2 Å². The maximum Gasteiger partial charge on any atom is 0.254 e. The third-order valence-electron chi connectivity index (χ3n) is 4.28. The van der Waals surface area contributed by atoms with E-state index in [0.29, 0.717) is 22.0 Å². The number of benzene rings is 2. The topological polar surface area (TPSA) is 54.5 Å². The predicted octanol–water partition coefficient (Wildman–Crippen LogP) is 3.82. The molecule has 25 heavy (non-hydrogen) atoms. The molecule has 1 aliphatic rings. The van der Waals surface area contributed by atoms with Crippen LogP contribution in [0.1, 0.15) is 22.3 Å². The van der Waals surface area contributed by atoms with Gasteiger partial charge < -0.3 is 4.90 Å². The van der Waals surface area contributed by atoms with Crippen LogP contribution >= 0.6 is 23.2 Å². The minimum absolute atomic E-state index is 0.0240. The summed E-state index contributed by atoms with van der Waals surface area (Å²) >= 11 is 12.2. The fourth-order valence-electron chi connectivity index (χ4n) is 2.99. The molecule has 0 aromatic heterocycles. The Morgan fingerprint density at radius 3 is 2.52 bits per heavy atom. The number of halogens is 2. The molecular formula is C18H17Cl2NO3S. The summed E-state index contributed by atoms with van der Waals surface area (Å²) in [6, 6.07) is 13.5. The van der Waals surface area contributed by atoms with E-state index in [1.807, 2.05) is 18.2 Å². The highest BCUT2D eigenvalue weighted by molar-refractivity contribution is 7.91. The van der Waals surface area contributed by atoms with Crippen LogP contribution in [0.15, 0.2) is 48.5 Å². The first-order chi connectivity index (χ1) is 11.9. The molecular weight excluding hydrogens is 381 g/mol. The zero-order chi connectivity index (χ0) is 18.0. The zero-order valence-corrected chi connectivity index (χ0v) is 15.7. The molecule has 1 heterocycles. The summed E-state index contributed by atoms with van der Waals surface area (Å²) in [7, 11) is -3.12. The molecule has 0 saturated carbocycles. The van der Waals surface area contributed by atoms with E-state index in [2.05, 4.69) is 0 Å². The minimum Gasteiger partial charge on any atom is -0.330 e. The van der Waals surface area contributed by atoms with Crippen LogP contribution < -0.4 is 0 Å². The van der Waals surface area contributed by atoms with Crippen LogP contribution in [-0.4, -0.2) is 36.8 Å². The molecule has 0 bridgehead atoms. The Balaban J connectivity index is 1.94. The van der Waals surface area contributed by atoms with E-state index < -0.39 is 9.84 Å². The summed E-state index contributed by atoms with van der Waals surface area (Å²) in [5, 5.41) is 1.01. The minimum atomic E-state index is -3.12. The molecule has 4 nitrogen and oxygen atoms in total. The number of hydrogen-bond donors (Lipinski definition) is 0. The summed E-state index contributed by atoms with van der Waals surface area (Å²) in [5.41, 5.74) is 1.22. The van der Waals surface area contributed by atoms with Crippen LogP contribution in [0.2, 0.25) is 10.0 Å². The Hall–Kier alpha value is -1.56. The number of carbonyl (C=O) groups is 1. The fraction of sp³-hybridized carbons (Fsp3) is 0.278. The van der Waals surface area contributed by atoms with E-state index in [9.17, 15) is 13.2 Å². The van der Waals surface area contributed by atoms with Crippen molar-refractivity contribution in [3.05, 3.63) is 69.7 Å². The monoisotopic (exact) mass is 397 g/mol. The molecule has 132 valence electrons. The lowest BCUT2D eigenvalue weighted by Gasteiger charge is -2.29. The van der Waals surface area contributed by atoms with E-state index in [-0.39, 0.29) is 30.0 Å². The number of rotatable bonds is 4. The van der Waals surface area contributed by atoms with Gasteiger partial charge in [0.05, 0.1) is 11.5 Å². The highest BCUT2D eigenvalue weighted by atomic mass is 35.5. The second kappa shape index (κ2) is 7.36. The number of carbonyl (C=O) groups excluding carboxylic acids is 1. The maximum atomic E-state index is 13.0. The van der Waals surface area contributed by atoms with Gasteiger partial charge in [-0.25, -0.2) is 8.42 Å². The molecule has 2 aromatic rings. The van der Waals surface area contributed by atoms with Crippen molar-refractivity contribution < 1.29 is 13.2 Å². The maximum absolute atomic E-state index is 13.0. The van der Waals surface area contributed by atoms with Gasteiger partial charge >= 0.3 is 0 Å². The Labute approximate surface area is 157 Å². The molecule has 0 N–H and O–H groups in total. The second-order valence-electron chi connectivity index (χ2n) is 6.09. The molecule has 0 spiro atoms. The molecule has 3 rings (SSSR count). The molecule has 1 atom stereocenters. The van der Waals surface area contributed by atoms with Crippen molar-refractivity contribution in [2.75, 3.05) is 11.5 Å². The first-order valence-corrected chi connectivity index (χ1v) is 10.4. The van der Waals surface area contributed by atoms with Gasteiger partial charge in [-0.15, -0.1) is 0 Å². The third kappa shape index (κ3) is 4.35. The summed E-state index contributed by atoms with van der Waals surface area (Å²) in [6.07, 6.45) is 0.430. The van der Waals surface area contributed by atoms with E-state index >= 15 is 0 Å². The van der Waals surface area contributed by atoms with E-state index in [1.165, 1.54) is 0 Å². The summed E-state index contributed by atoms with van der Waals surface area (Å²) in [5.74, 6) is -0.173. The summed E-state index contributed by atoms with van der Waals surface area (Å²) in [6.45, 7) is 0.255. The number of nitrogens with zero attached hydrogens (tertiary/aromatic N) is 1. The van der Waals surface area contributed by atoms with Crippen molar-refractivity contribution in [3.63, 3.8) is 0 Å². The predicted molar refractivity (Wildman–Crippen MR) is 99.8 cm³/mol. The third-order valence-corrected chi connectivity index (χ3v) is 6.63. The summed E-state index contributed by atoms with van der Waals surface area (Å²) in [4.78, 5) is 14.6. The van der Waals surface area contributed by atoms with Crippen molar-refractivity contribution in [1.82, 2.24) is 4.90 Å². The molecule has 2 aromatic carbocycles. The number of amides is 1. The quantitative estimate of drug-likeness (QED) is 0.787. The average Bonchev–Trinajstić information content (AvgIpc) is 2.93. The van der Waals surface area contributed by atoms with Gasteiger partial charge in [0.2, 0.25) is 0 Å². The Morgan fingerprint density at radius 1 is 1.12 bits per heavy atom. The van der Waals surface area contributed by atoms with Crippen molar-refractivity contribution in [2.45, 2.75) is 19.0 Å². The van der Waals surface area contributed by atoms with Gasteiger partial charge in [0.15, 0.2) is 9.84 Å². The standard InChI is InChI=1S/C18H17Cl2NO3S/c19-15-6-3-5-13(10-15)18(22)21(16-8-9-25(23,24)12-16)11-14-4-1-2-7-17(14)20/h1-7,10,16H,8-9,11-12H2/t16-/m0/s1. The normalized spacial score (nSPS) is 18.9. The molecule has 0 unspecified atom stereocenters. The van der Waals surface area contributed by atoms with Crippen LogP contribution in [0.3, 0.4) is 0 Å². The SMILES string of the molecule is O=C(c1cccc(Cl)c1)N(Cc1ccccc1Cl)[C@H]1CCS(=O)(=O)C1. The van der Waals surface area contributed by atoms with Gasteiger partial charge in [0.25, 0.3) is 5.91 Å². The Kier molecular flexibility index (Phi) is 5.37. The lowest BCUT2D eigenvalue weighted by atomic mass is 10.1. The number of sulfone groups is 1. The molecule has 7 heteroatoms. The molecule has 1 aliphatic heterocycles. The number of hydrogen-bond acceptors (Lipinski definition) is 3. The first-order valence-electron chi connectivity index (χ1n) is 7.86. The second-order valence-corrected chi connectivity index (χ2v) is 9.16. The van der Waals surface area contributed by atoms with Crippen LogP contribution in [-0.2, 0) is 16.4 Å². The van der Waals surface area contributed by atoms with Gasteiger partial charge in [-0.3, -0.25) is 4.79 Å². The van der Waals surface area contributed by atoms with Gasteiger partial charge in [0.1, 0.15) is 0 Å². The lowest BCUT2D eigenvalue weighted by molar-refractivity contribution is 0.0681. The van der Waals surface area contributed by atoms with Crippen LogP contribution in [0.25, 0.3) is 0 Å². The molecule has 1 amide bonds. The average molecular weight is 398 g/mol. The van der Waals surface area contributed by atoms with Crippen molar-refractivity contribution >= 4 is 38.9 Å². The zero-order valence-electron chi connectivity index (χ0n) is 13.4. The molecule has 1 fully saturated rings. The molecule has 1 saturated heterocycles. The van der Waals surface area contributed by atoms with E-state index in [4.69, 9.17) is 23.2 Å². The van der Waals surface area contributed by atoms with Gasteiger partial charge in [-0.1, -0.05) is 47.5 Å². The van der Waals surface area contributed by atoms with Crippen molar-refractivity contribution in [3.8, 4) is 0 Å². The first kappa shape index (κ1) is 18.2. The van der Waals surface area contributed by atoms with Crippen LogP contribution in [0, 0.1) is 0 Å². The van der Waals surface area contributed by atoms with E-state index in [0.717, 1.165) is 5.56 Å². The highest BCUT2D eigenvalue weighted by Gasteiger charge is 2.35. The van der Waals surface area contributed by atoms with Crippen molar-refractivity contribution in [1.29, 1.82) is 0 Å². The summed E-state index contributed by atoms with van der Waals surface area (Å²) < 4.78 is 23.8.